The van der Waals surface area contributed by atoms with Gasteiger partial charge in [0, 0.05) is 55.3 Å². The highest BCUT2D eigenvalue weighted by Crippen LogP contribution is 2.20. The van der Waals surface area contributed by atoms with Gasteiger partial charge in [0.1, 0.15) is 5.82 Å². The first-order valence-electron chi connectivity index (χ1n) is 10.5. The van der Waals surface area contributed by atoms with Crippen LogP contribution in [0.3, 0.4) is 0 Å². The summed E-state index contributed by atoms with van der Waals surface area (Å²) in [6.07, 6.45) is 2.54. The van der Waals surface area contributed by atoms with Crippen molar-refractivity contribution in [3.63, 3.8) is 0 Å². The lowest BCUT2D eigenvalue weighted by molar-refractivity contribution is -0.131. The van der Waals surface area contributed by atoms with Crippen LogP contribution in [0.1, 0.15) is 25.2 Å². The Balaban J connectivity index is 1.24. The van der Waals surface area contributed by atoms with Gasteiger partial charge in [-0.3, -0.25) is 4.79 Å². The average molecular weight is 443 g/mol. The summed E-state index contributed by atoms with van der Waals surface area (Å²) in [6.45, 7) is 2.99. The maximum atomic E-state index is 13.2. The van der Waals surface area contributed by atoms with Crippen molar-refractivity contribution >= 4 is 23.2 Å². The molecule has 0 unspecified atom stereocenters. The Morgan fingerprint density at radius 3 is 2.58 bits per heavy atom. The highest BCUT2D eigenvalue weighted by molar-refractivity contribution is 6.30. The number of carbonyl (C=O) groups excluding carboxylic acids is 1. The van der Waals surface area contributed by atoms with Gasteiger partial charge in [-0.15, -0.1) is 0 Å². The van der Waals surface area contributed by atoms with E-state index >= 15 is 0 Å². The van der Waals surface area contributed by atoms with Crippen molar-refractivity contribution in [2.24, 2.45) is 0 Å². The van der Waals surface area contributed by atoms with E-state index in [9.17, 15) is 9.18 Å². The Hall–Kier alpha value is -2.93. The number of amides is 1. The average Bonchev–Trinajstić information content (AvgIpc) is 3.10. The molecule has 0 N–H and O–H groups in total. The van der Waals surface area contributed by atoms with Crippen LogP contribution in [0, 0.1) is 5.82 Å². The molecule has 4 rings (SSSR count). The van der Waals surface area contributed by atoms with Gasteiger partial charge in [-0.1, -0.05) is 16.8 Å². The van der Waals surface area contributed by atoms with E-state index in [-0.39, 0.29) is 11.7 Å². The number of benzene rings is 2. The van der Waals surface area contributed by atoms with Gasteiger partial charge in [-0.05, 0) is 61.4 Å². The standard InChI is InChI=1S/C23H24ClFN4O2/c24-18-7-5-17(6-8-18)23-26-21(31-27-23)3-1-4-22(30)29-14-2-13-28(15-16-29)20-11-9-19(25)10-12-20/h5-12H,1-4,13-16H2. The molecule has 1 aromatic heterocycles. The van der Waals surface area contributed by atoms with E-state index in [1.165, 1.54) is 12.1 Å². The summed E-state index contributed by atoms with van der Waals surface area (Å²) in [5.41, 5.74) is 1.83. The maximum Gasteiger partial charge on any atom is 0.226 e. The van der Waals surface area contributed by atoms with Crippen molar-refractivity contribution in [1.82, 2.24) is 15.0 Å². The molecule has 2 heterocycles. The summed E-state index contributed by atoms with van der Waals surface area (Å²) < 4.78 is 18.5. The predicted octanol–water partition coefficient (Wildman–Crippen LogP) is 4.59. The lowest BCUT2D eigenvalue weighted by Gasteiger charge is -2.23. The number of halogens is 2. The fourth-order valence-electron chi connectivity index (χ4n) is 3.70. The smallest absolute Gasteiger partial charge is 0.226 e. The van der Waals surface area contributed by atoms with Gasteiger partial charge in [0.2, 0.25) is 17.6 Å². The van der Waals surface area contributed by atoms with Crippen LogP contribution in [-0.2, 0) is 11.2 Å². The van der Waals surface area contributed by atoms with Gasteiger partial charge in [0.15, 0.2) is 0 Å². The molecule has 1 aliphatic rings. The fourth-order valence-corrected chi connectivity index (χ4v) is 3.82. The van der Waals surface area contributed by atoms with E-state index in [2.05, 4.69) is 15.0 Å². The van der Waals surface area contributed by atoms with E-state index in [1.54, 1.807) is 24.3 Å². The normalized spacial score (nSPS) is 14.5. The molecule has 0 bridgehead atoms. The van der Waals surface area contributed by atoms with E-state index < -0.39 is 0 Å². The van der Waals surface area contributed by atoms with Crippen molar-refractivity contribution in [1.29, 1.82) is 0 Å². The number of anilines is 1. The predicted molar refractivity (Wildman–Crippen MR) is 117 cm³/mol. The van der Waals surface area contributed by atoms with Gasteiger partial charge >= 0.3 is 0 Å². The SMILES string of the molecule is O=C(CCCc1nc(-c2ccc(Cl)cc2)no1)N1CCCN(c2ccc(F)cc2)CC1. The number of nitrogens with zero attached hydrogens (tertiary/aromatic N) is 4. The number of carbonyl (C=O) groups is 1. The van der Waals surface area contributed by atoms with Crippen molar-refractivity contribution < 1.29 is 13.7 Å². The molecule has 3 aromatic rings. The molecule has 0 radical (unpaired) electrons. The highest BCUT2D eigenvalue weighted by atomic mass is 35.5. The first-order chi connectivity index (χ1) is 15.1. The second-order valence-electron chi connectivity index (χ2n) is 7.57. The summed E-state index contributed by atoms with van der Waals surface area (Å²) in [5, 5.41) is 4.66. The molecule has 162 valence electrons. The van der Waals surface area contributed by atoms with Crippen LogP contribution in [0.25, 0.3) is 11.4 Å². The van der Waals surface area contributed by atoms with Crippen molar-refractivity contribution in [2.75, 3.05) is 31.1 Å². The zero-order chi connectivity index (χ0) is 21.6. The number of hydrogen-bond donors (Lipinski definition) is 0. The molecular formula is C23H24ClFN4O2. The van der Waals surface area contributed by atoms with Crippen LogP contribution in [0.15, 0.2) is 53.1 Å². The monoisotopic (exact) mass is 442 g/mol. The van der Waals surface area contributed by atoms with Crippen LogP contribution in [0.5, 0.6) is 0 Å². The molecule has 2 aromatic carbocycles. The molecule has 31 heavy (non-hydrogen) atoms. The Labute approximate surface area is 185 Å². The molecule has 1 aliphatic heterocycles. The van der Waals surface area contributed by atoms with Gasteiger partial charge in [-0.25, -0.2) is 4.39 Å². The Bertz CT molecular complexity index is 1010. The van der Waals surface area contributed by atoms with Crippen LogP contribution in [0.4, 0.5) is 10.1 Å². The maximum absolute atomic E-state index is 13.2. The van der Waals surface area contributed by atoms with E-state index in [0.717, 1.165) is 37.3 Å². The largest absolute Gasteiger partial charge is 0.370 e. The van der Waals surface area contributed by atoms with Crippen LogP contribution in [0.2, 0.25) is 5.02 Å². The number of aryl methyl sites for hydroxylation is 1. The third kappa shape index (κ3) is 5.61. The summed E-state index contributed by atoms with van der Waals surface area (Å²) >= 11 is 5.91. The fraction of sp³-hybridized carbons (Fsp3) is 0.348. The minimum atomic E-state index is -0.239. The molecule has 0 saturated carbocycles. The molecule has 0 spiro atoms. The van der Waals surface area contributed by atoms with Crippen LogP contribution < -0.4 is 4.90 Å². The van der Waals surface area contributed by atoms with Crippen LogP contribution >= 0.6 is 11.6 Å². The third-order valence-electron chi connectivity index (χ3n) is 5.39. The van der Waals surface area contributed by atoms with Gasteiger partial charge < -0.3 is 14.3 Å². The van der Waals surface area contributed by atoms with Crippen LogP contribution in [-0.4, -0.2) is 47.1 Å². The van der Waals surface area contributed by atoms with Gasteiger partial charge in [0.05, 0.1) is 0 Å². The lowest BCUT2D eigenvalue weighted by Crippen LogP contribution is -2.35. The molecule has 6 nitrogen and oxygen atoms in total. The summed E-state index contributed by atoms with van der Waals surface area (Å²) in [7, 11) is 0. The molecule has 1 amide bonds. The topological polar surface area (TPSA) is 62.5 Å². The Morgan fingerprint density at radius 1 is 1.03 bits per heavy atom. The Kier molecular flexibility index (Phi) is 6.82. The highest BCUT2D eigenvalue weighted by Gasteiger charge is 2.19. The molecule has 1 fully saturated rings. The second-order valence-corrected chi connectivity index (χ2v) is 8.01. The van der Waals surface area contributed by atoms with Crippen molar-refractivity contribution in [3.05, 3.63) is 65.3 Å². The van der Waals surface area contributed by atoms with Gasteiger partial charge in [0.25, 0.3) is 0 Å². The second kappa shape index (κ2) is 9.92. The molecule has 1 saturated heterocycles. The Morgan fingerprint density at radius 2 is 1.81 bits per heavy atom. The number of rotatable bonds is 6. The quantitative estimate of drug-likeness (QED) is 0.558. The summed E-state index contributed by atoms with van der Waals surface area (Å²) in [4.78, 5) is 21.2. The first-order valence-corrected chi connectivity index (χ1v) is 10.8. The molecule has 8 heteroatoms. The first kappa shape index (κ1) is 21.3. The zero-order valence-corrected chi connectivity index (χ0v) is 17.9. The zero-order valence-electron chi connectivity index (χ0n) is 17.1. The van der Waals surface area contributed by atoms with Gasteiger partial charge in [-0.2, -0.15) is 4.98 Å². The summed E-state index contributed by atoms with van der Waals surface area (Å²) in [5.74, 6) is 0.942. The van der Waals surface area contributed by atoms with Crippen molar-refractivity contribution in [3.8, 4) is 11.4 Å². The summed E-state index contributed by atoms with van der Waals surface area (Å²) in [6, 6.07) is 13.8. The number of hydrogen-bond acceptors (Lipinski definition) is 5. The molecular weight excluding hydrogens is 419 g/mol. The molecule has 0 aliphatic carbocycles. The van der Waals surface area contributed by atoms with E-state index in [0.29, 0.717) is 42.5 Å². The van der Waals surface area contributed by atoms with Crippen molar-refractivity contribution in [2.45, 2.75) is 25.7 Å². The molecule has 0 atom stereocenters. The minimum absolute atomic E-state index is 0.137. The van der Waals surface area contributed by atoms with E-state index in [4.69, 9.17) is 16.1 Å². The number of aromatic nitrogens is 2. The lowest BCUT2D eigenvalue weighted by atomic mass is 10.2. The third-order valence-corrected chi connectivity index (χ3v) is 5.64. The van der Waals surface area contributed by atoms with E-state index in [1.807, 2.05) is 17.0 Å². The minimum Gasteiger partial charge on any atom is -0.370 e.